The molecule has 0 radical (unpaired) electrons. The van der Waals surface area contributed by atoms with E-state index in [0.29, 0.717) is 12.4 Å². The van der Waals surface area contributed by atoms with Gasteiger partial charge in [0.1, 0.15) is 5.75 Å². The summed E-state index contributed by atoms with van der Waals surface area (Å²) in [6, 6.07) is 3.19. The Kier molecular flexibility index (Phi) is 4.96. The van der Waals surface area contributed by atoms with Crippen molar-refractivity contribution < 1.29 is 14.9 Å². The first-order valence-corrected chi connectivity index (χ1v) is 5.87. The molecule has 1 rings (SSSR count). The lowest BCUT2D eigenvalue weighted by atomic mass is 10.1. The second-order valence-electron chi connectivity index (χ2n) is 3.86. The molecule has 0 saturated carbocycles. The molecule has 90 valence electrons. The van der Waals surface area contributed by atoms with E-state index in [-0.39, 0.29) is 11.5 Å². The van der Waals surface area contributed by atoms with Gasteiger partial charge < -0.3 is 14.9 Å². The van der Waals surface area contributed by atoms with Gasteiger partial charge in [0, 0.05) is 5.56 Å². The Hall–Kier alpha value is -1.38. The highest BCUT2D eigenvalue weighted by molar-refractivity contribution is 5.52. The van der Waals surface area contributed by atoms with Crippen molar-refractivity contribution in [2.75, 3.05) is 6.61 Å². The van der Waals surface area contributed by atoms with Crippen LogP contribution < -0.4 is 4.74 Å². The van der Waals surface area contributed by atoms with E-state index in [1.54, 1.807) is 6.07 Å². The number of rotatable bonds is 6. The Morgan fingerprint density at radius 1 is 1.12 bits per heavy atom. The third-order valence-electron chi connectivity index (χ3n) is 2.46. The Morgan fingerprint density at radius 3 is 2.50 bits per heavy atom. The number of ether oxygens (including phenoxy) is 1. The molecular formula is C13H20O3. The van der Waals surface area contributed by atoms with Gasteiger partial charge >= 0.3 is 0 Å². The van der Waals surface area contributed by atoms with Gasteiger partial charge in [0.15, 0.2) is 11.5 Å². The molecule has 0 spiro atoms. The zero-order valence-electron chi connectivity index (χ0n) is 9.99. The minimum absolute atomic E-state index is 0.0398. The van der Waals surface area contributed by atoms with E-state index in [1.807, 2.05) is 6.92 Å². The average Bonchev–Trinajstić information content (AvgIpc) is 2.29. The fraction of sp³-hybridized carbons (Fsp3) is 0.538. The van der Waals surface area contributed by atoms with E-state index in [0.717, 1.165) is 31.2 Å². The van der Waals surface area contributed by atoms with Crippen LogP contribution in [-0.2, 0) is 6.42 Å². The molecule has 1 aromatic rings. The highest BCUT2D eigenvalue weighted by atomic mass is 16.5. The van der Waals surface area contributed by atoms with Crippen molar-refractivity contribution in [2.45, 2.75) is 39.5 Å². The van der Waals surface area contributed by atoms with Crippen LogP contribution in [0.25, 0.3) is 0 Å². The number of phenolic OH excluding ortho intramolecular Hbond substituents is 2. The monoisotopic (exact) mass is 224 g/mol. The predicted molar refractivity (Wildman–Crippen MR) is 64.2 cm³/mol. The van der Waals surface area contributed by atoms with E-state index in [9.17, 15) is 10.2 Å². The third-order valence-corrected chi connectivity index (χ3v) is 2.46. The van der Waals surface area contributed by atoms with Crippen LogP contribution in [0.1, 0.15) is 38.7 Å². The van der Waals surface area contributed by atoms with E-state index in [1.165, 1.54) is 6.07 Å². The second-order valence-corrected chi connectivity index (χ2v) is 3.86. The molecular weight excluding hydrogens is 204 g/mol. The number of hydrogen-bond donors (Lipinski definition) is 2. The van der Waals surface area contributed by atoms with Gasteiger partial charge in [0.2, 0.25) is 0 Å². The van der Waals surface area contributed by atoms with Crippen LogP contribution in [0, 0.1) is 0 Å². The van der Waals surface area contributed by atoms with Gasteiger partial charge in [-0.1, -0.05) is 20.3 Å². The maximum Gasteiger partial charge on any atom is 0.164 e. The molecule has 0 heterocycles. The summed E-state index contributed by atoms with van der Waals surface area (Å²) in [4.78, 5) is 0. The SMILES string of the molecule is CCCCc1c(OCCC)ccc(O)c1O. The molecule has 0 unspecified atom stereocenters. The summed E-state index contributed by atoms with van der Waals surface area (Å²) in [5.41, 5.74) is 0.718. The number of unbranched alkanes of at least 4 members (excludes halogenated alkanes) is 1. The summed E-state index contributed by atoms with van der Waals surface area (Å²) in [6.45, 7) is 4.75. The lowest BCUT2D eigenvalue weighted by molar-refractivity contribution is 0.308. The number of aromatic hydroxyl groups is 2. The van der Waals surface area contributed by atoms with Gasteiger partial charge in [-0.25, -0.2) is 0 Å². The Bertz CT molecular complexity index is 334. The molecule has 0 atom stereocenters. The molecule has 0 aliphatic carbocycles. The lowest BCUT2D eigenvalue weighted by Crippen LogP contribution is -1.99. The number of phenols is 2. The summed E-state index contributed by atoms with van der Waals surface area (Å²) < 4.78 is 5.55. The van der Waals surface area contributed by atoms with Crippen molar-refractivity contribution in [1.82, 2.24) is 0 Å². The molecule has 0 aliphatic rings. The minimum Gasteiger partial charge on any atom is -0.504 e. The molecule has 1 aromatic carbocycles. The van der Waals surface area contributed by atoms with Crippen LogP contribution >= 0.6 is 0 Å². The van der Waals surface area contributed by atoms with Crippen molar-refractivity contribution in [2.24, 2.45) is 0 Å². The maximum absolute atomic E-state index is 9.77. The maximum atomic E-state index is 9.77. The summed E-state index contributed by atoms with van der Waals surface area (Å²) in [6.07, 6.45) is 3.67. The van der Waals surface area contributed by atoms with Crippen molar-refractivity contribution in [3.8, 4) is 17.2 Å². The van der Waals surface area contributed by atoms with Crippen molar-refractivity contribution in [1.29, 1.82) is 0 Å². The smallest absolute Gasteiger partial charge is 0.164 e. The Morgan fingerprint density at radius 2 is 1.88 bits per heavy atom. The molecule has 0 aliphatic heterocycles. The highest BCUT2D eigenvalue weighted by Gasteiger charge is 2.12. The standard InChI is InChI=1S/C13H20O3/c1-3-5-6-10-12(16-9-4-2)8-7-11(14)13(10)15/h7-8,14-15H,3-6,9H2,1-2H3. The quantitative estimate of drug-likeness (QED) is 0.729. The zero-order chi connectivity index (χ0) is 12.0. The highest BCUT2D eigenvalue weighted by Crippen LogP contribution is 2.36. The minimum atomic E-state index is -0.0741. The van der Waals surface area contributed by atoms with Crippen LogP contribution in [0.4, 0.5) is 0 Å². The molecule has 3 nitrogen and oxygen atoms in total. The van der Waals surface area contributed by atoms with Gasteiger partial charge in [-0.3, -0.25) is 0 Å². The topological polar surface area (TPSA) is 49.7 Å². The van der Waals surface area contributed by atoms with Crippen molar-refractivity contribution in [3.05, 3.63) is 17.7 Å². The van der Waals surface area contributed by atoms with Gasteiger partial charge in [-0.2, -0.15) is 0 Å². The molecule has 0 amide bonds. The first-order chi connectivity index (χ1) is 7.70. The predicted octanol–water partition coefficient (Wildman–Crippen LogP) is 3.23. The molecule has 0 bridgehead atoms. The van der Waals surface area contributed by atoms with Crippen LogP contribution in [0.2, 0.25) is 0 Å². The van der Waals surface area contributed by atoms with Crippen LogP contribution in [0.5, 0.6) is 17.2 Å². The molecule has 16 heavy (non-hydrogen) atoms. The van der Waals surface area contributed by atoms with Crippen molar-refractivity contribution >= 4 is 0 Å². The average molecular weight is 224 g/mol. The van der Waals surface area contributed by atoms with E-state index in [2.05, 4.69) is 6.92 Å². The van der Waals surface area contributed by atoms with E-state index in [4.69, 9.17) is 4.74 Å². The normalized spacial score (nSPS) is 10.4. The first kappa shape index (κ1) is 12.7. The first-order valence-electron chi connectivity index (χ1n) is 5.87. The molecule has 3 heteroatoms. The summed E-state index contributed by atoms with van der Waals surface area (Å²) in [5, 5.41) is 19.2. The number of benzene rings is 1. The van der Waals surface area contributed by atoms with Crippen molar-refractivity contribution in [3.63, 3.8) is 0 Å². The summed E-state index contributed by atoms with van der Waals surface area (Å²) in [5.74, 6) is 0.572. The molecule has 0 aromatic heterocycles. The number of hydrogen-bond acceptors (Lipinski definition) is 3. The molecule has 2 N–H and O–H groups in total. The Labute approximate surface area is 96.7 Å². The fourth-order valence-corrected chi connectivity index (χ4v) is 1.55. The zero-order valence-corrected chi connectivity index (χ0v) is 9.99. The third kappa shape index (κ3) is 3.05. The second kappa shape index (κ2) is 6.26. The van der Waals surface area contributed by atoms with Crippen LogP contribution in [0.3, 0.4) is 0 Å². The van der Waals surface area contributed by atoms with E-state index < -0.39 is 0 Å². The molecule has 0 fully saturated rings. The Balaban J connectivity index is 2.91. The van der Waals surface area contributed by atoms with Crippen LogP contribution in [-0.4, -0.2) is 16.8 Å². The largest absolute Gasteiger partial charge is 0.504 e. The van der Waals surface area contributed by atoms with Gasteiger partial charge in [0.05, 0.1) is 6.61 Å². The van der Waals surface area contributed by atoms with Gasteiger partial charge in [-0.15, -0.1) is 0 Å². The van der Waals surface area contributed by atoms with Gasteiger partial charge in [-0.05, 0) is 31.4 Å². The van der Waals surface area contributed by atoms with Crippen LogP contribution in [0.15, 0.2) is 12.1 Å². The van der Waals surface area contributed by atoms with E-state index >= 15 is 0 Å². The lowest BCUT2D eigenvalue weighted by Gasteiger charge is -2.13. The summed E-state index contributed by atoms with van der Waals surface area (Å²) >= 11 is 0. The van der Waals surface area contributed by atoms with Gasteiger partial charge in [0.25, 0.3) is 0 Å². The fourth-order valence-electron chi connectivity index (χ4n) is 1.55. The molecule has 0 saturated heterocycles. The summed E-state index contributed by atoms with van der Waals surface area (Å²) in [7, 11) is 0.